The van der Waals surface area contributed by atoms with Crippen LogP contribution in [-0.4, -0.2) is 54.0 Å². The van der Waals surface area contributed by atoms with Crippen LogP contribution in [-0.2, 0) is 9.59 Å². The Labute approximate surface area is 197 Å². The van der Waals surface area contributed by atoms with Crippen LogP contribution in [0, 0.1) is 11.8 Å². The summed E-state index contributed by atoms with van der Waals surface area (Å²) in [5.74, 6) is -2.96. The second kappa shape index (κ2) is 10.1. The standard InChI is InChI=1S/C25H26ClN3O4/c26-17-6-5-7-18(16-17)28-12-14-29(15-13-28)24(31)21-10-3-4-11-22(21)27-23(30)19-8-1-2-9-20(19)25(32)33/h1-7,10-11,16,19-20H,8-9,12-15H2,(H,27,30)(H,32,33)/t19-,20+/m0/s1. The van der Waals surface area contributed by atoms with Crippen LogP contribution in [0.5, 0.6) is 0 Å². The second-order valence-corrected chi connectivity index (χ2v) is 8.72. The van der Waals surface area contributed by atoms with Gasteiger partial charge in [0.05, 0.1) is 23.1 Å². The van der Waals surface area contributed by atoms with Crippen molar-refractivity contribution in [2.75, 3.05) is 36.4 Å². The third-order valence-corrected chi connectivity index (χ3v) is 6.48. The number of hydrogen-bond acceptors (Lipinski definition) is 4. The number of halogens is 1. The molecule has 1 aliphatic heterocycles. The highest BCUT2D eigenvalue weighted by atomic mass is 35.5. The van der Waals surface area contributed by atoms with Gasteiger partial charge in [0.2, 0.25) is 5.91 Å². The molecule has 1 aliphatic carbocycles. The van der Waals surface area contributed by atoms with Crippen LogP contribution in [0.25, 0.3) is 0 Å². The molecule has 0 spiro atoms. The molecule has 0 aromatic heterocycles. The van der Waals surface area contributed by atoms with Crippen LogP contribution in [0.1, 0.15) is 23.2 Å². The topological polar surface area (TPSA) is 90.0 Å². The van der Waals surface area contributed by atoms with Crippen LogP contribution in [0.3, 0.4) is 0 Å². The van der Waals surface area contributed by atoms with Gasteiger partial charge in [-0.3, -0.25) is 14.4 Å². The first-order valence-electron chi connectivity index (χ1n) is 11.0. The van der Waals surface area contributed by atoms with Gasteiger partial charge in [-0.15, -0.1) is 0 Å². The SMILES string of the molecule is O=C(Nc1ccccc1C(=O)N1CCN(c2cccc(Cl)c2)CC1)[C@H]1CC=CC[C@H]1C(=O)O. The summed E-state index contributed by atoms with van der Waals surface area (Å²) in [6, 6.07) is 14.5. The highest BCUT2D eigenvalue weighted by Crippen LogP contribution is 2.28. The third-order valence-electron chi connectivity index (χ3n) is 6.24. The molecule has 0 radical (unpaired) electrons. The second-order valence-electron chi connectivity index (χ2n) is 8.29. The van der Waals surface area contributed by atoms with Crippen molar-refractivity contribution in [2.24, 2.45) is 11.8 Å². The maximum Gasteiger partial charge on any atom is 0.307 e. The fourth-order valence-electron chi connectivity index (χ4n) is 4.39. The van der Waals surface area contributed by atoms with E-state index in [1.54, 1.807) is 35.2 Å². The van der Waals surface area contributed by atoms with Crippen molar-refractivity contribution in [1.29, 1.82) is 0 Å². The number of hydrogen-bond donors (Lipinski definition) is 2. The van der Waals surface area contributed by atoms with Crippen LogP contribution >= 0.6 is 11.6 Å². The molecule has 172 valence electrons. The molecule has 1 saturated heterocycles. The van der Waals surface area contributed by atoms with Crippen LogP contribution < -0.4 is 10.2 Å². The molecule has 33 heavy (non-hydrogen) atoms. The van der Waals surface area contributed by atoms with E-state index in [9.17, 15) is 19.5 Å². The zero-order chi connectivity index (χ0) is 23.4. The van der Waals surface area contributed by atoms with E-state index >= 15 is 0 Å². The average Bonchev–Trinajstić information content (AvgIpc) is 2.84. The highest BCUT2D eigenvalue weighted by Gasteiger charge is 2.34. The normalized spacial score (nSPS) is 20.4. The number of nitrogens with one attached hydrogen (secondary N) is 1. The Balaban J connectivity index is 1.44. The Kier molecular flexibility index (Phi) is 6.99. The minimum absolute atomic E-state index is 0.157. The van der Waals surface area contributed by atoms with Crippen molar-refractivity contribution < 1.29 is 19.5 Å². The third kappa shape index (κ3) is 5.20. The smallest absolute Gasteiger partial charge is 0.307 e. The number of carbonyl (C=O) groups excluding carboxylic acids is 2. The van der Waals surface area contributed by atoms with E-state index in [0.29, 0.717) is 55.3 Å². The molecular weight excluding hydrogens is 442 g/mol. The zero-order valence-corrected chi connectivity index (χ0v) is 18.9. The number of para-hydroxylation sites is 1. The maximum absolute atomic E-state index is 13.3. The number of carbonyl (C=O) groups is 3. The van der Waals surface area contributed by atoms with E-state index in [2.05, 4.69) is 10.2 Å². The first kappa shape index (κ1) is 22.9. The molecule has 2 N–H and O–H groups in total. The number of carboxylic acids is 1. The molecular formula is C25H26ClN3O4. The van der Waals surface area contributed by atoms with Crippen molar-refractivity contribution >= 4 is 40.8 Å². The summed E-state index contributed by atoms with van der Waals surface area (Å²) in [6.45, 7) is 2.44. The minimum Gasteiger partial charge on any atom is -0.481 e. The largest absolute Gasteiger partial charge is 0.481 e. The number of allylic oxidation sites excluding steroid dienone is 2. The van der Waals surface area contributed by atoms with Gasteiger partial charge in [0.1, 0.15) is 0 Å². The van der Waals surface area contributed by atoms with Crippen molar-refractivity contribution in [3.05, 3.63) is 71.3 Å². The summed E-state index contributed by atoms with van der Waals surface area (Å²) in [5.41, 5.74) is 1.83. The van der Waals surface area contributed by atoms with Crippen molar-refractivity contribution in [2.45, 2.75) is 12.8 Å². The number of nitrogens with zero attached hydrogens (tertiary/aromatic N) is 2. The van der Waals surface area contributed by atoms with E-state index in [1.807, 2.05) is 30.3 Å². The molecule has 0 unspecified atom stereocenters. The molecule has 1 heterocycles. The first-order chi connectivity index (χ1) is 15.9. The van der Waals surface area contributed by atoms with Crippen molar-refractivity contribution in [3.8, 4) is 0 Å². The van der Waals surface area contributed by atoms with E-state index in [0.717, 1.165) is 5.69 Å². The predicted molar refractivity (Wildman–Crippen MR) is 128 cm³/mol. The fourth-order valence-corrected chi connectivity index (χ4v) is 4.58. The van der Waals surface area contributed by atoms with Crippen LogP contribution in [0.4, 0.5) is 11.4 Å². The number of benzene rings is 2. The highest BCUT2D eigenvalue weighted by molar-refractivity contribution is 6.30. The Morgan fingerprint density at radius 3 is 2.30 bits per heavy atom. The molecule has 7 nitrogen and oxygen atoms in total. The minimum atomic E-state index is -0.985. The van der Waals surface area contributed by atoms with Gasteiger partial charge in [0, 0.05) is 36.9 Å². The molecule has 2 amide bonds. The van der Waals surface area contributed by atoms with E-state index < -0.39 is 17.8 Å². The lowest BCUT2D eigenvalue weighted by Gasteiger charge is -2.36. The van der Waals surface area contributed by atoms with Gasteiger partial charge in [0.15, 0.2) is 0 Å². The van der Waals surface area contributed by atoms with Gasteiger partial charge in [-0.05, 0) is 43.2 Å². The van der Waals surface area contributed by atoms with Crippen LogP contribution in [0.15, 0.2) is 60.7 Å². The number of rotatable bonds is 5. The number of anilines is 2. The summed E-state index contributed by atoms with van der Waals surface area (Å²) in [4.78, 5) is 41.7. The Morgan fingerprint density at radius 1 is 0.909 bits per heavy atom. The summed E-state index contributed by atoms with van der Waals surface area (Å²) in [7, 11) is 0. The average molecular weight is 468 g/mol. The van der Waals surface area contributed by atoms with E-state index in [1.165, 1.54) is 0 Å². The van der Waals surface area contributed by atoms with Gasteiger partial charge in [0.25, 0.3) is 5.91 Å². The van der Waals surface area contributed by atoms with Gasteiger partial charge in [-0.1, -0.05) is 42.0 Å². The number of piperazine rings is 1. The predicted octanol–water partition coefficient (Wildman–Crippen LogP) is 3.91. The lowest BCUT2D eigenvalue weighted by molar-refractivity contribution is -0.146. The molecule has 2 aromatic rings. The Bertz CT molecular complexity index is 1080. The number of amides is 2. The van der Waals surface area contributed by atoms with Gasteiger partial charge in [-0.25, -0.2) is 0 Å². The van der Waals surface area contributed by atoms with Crippen LogP contribution in [0.2, 0.25) is 5.02 Å². The Hall–Kier alpha value is -3.32. The molecule has 4 rings (SSSR count). The fraction of sp³-hybridized carbons (Fsp3) is 0.320. The lowest BCUT2D eigenvalue weighted by Crippen LogP contribution is -2.49. The summed E-state index contributed by atoms with van der Waals surface area (Å²) in [6.07, 6.45) is 4.32. The van der Waals surface area contributed by atoms with Gasteiger partial charge < -0.3 is 20.2 Å². The molecule has 1 fully saturated rings. The maximum atomic E-state index is 13.3. The summed E-state index contributed by atoms with van der Waals surface area (Å²) >= 11 is 6.10. The summed E-state index contributed by atoms with van der Waals surface area (Å²) < 4.78 is 0. The molecule has 2 aliphatic rings. The summed E-state index contributed by atoms with van der Waals surface area (Å²) in [5, 5.41) is 13.0. The van der Waals surface area contributed by atoms with E-state index in [4.69, 9.17) is 11.6 Å². The monoisotopic (exact) mass is 467 g/mol. The molecule has 2 atom stereocenters. The van der Waals surface area contributed by atoms with Crippen molar-refractivity contribution in [3.63, 3.8) is 0 Å². The molecule has 0 bridgehead atoms. The zero-order valence-electron chi connectivity index (χ0n) is 18.1. The quantitative estimate of drug-likeness (QED) is 0.651. The lowest BCUT2D eigenvalue weighted by atomic mass is 9.82. The Morgan fingerprint density at radius 2 is 1.61 bits per heavy atom. The number of carboxylic acid groups (broad SMARTS) is 1. The van der Waals surface area contributed by atoms with Gasteiger partial charge in [-0.2, -0.15) is 0 Å². The molecule has 2 aromatic carbocycles. The molecule has 0 saturated carbocycles. The first-order valence-corrected chi connectivity index (χ1v) is 11.4. The number of aliphatic carboxylic acids is 1. The molecule has 8 heteroatoms. The van der Waals surface area contributed by atoms with E-state index in [-0.39, 0.29) is 11.8 Å². The van der Waals surface area contributed by atoms with Crippen molar-refractivity contribution in [1.82, 2.24) is 4.90 Å². The van der Waals surface area contributed by atoms with Gasteiger partial charge >= 0.3 is 5.97 Å².